The predicted octanol–water partition coefficient (Wildman–Crippen LogP) is 5.77. The molecule has 25 heavy (non-hydrogen) atoms. The van der Waals surface area contributed by atoms with E-state index in [1.807, 2.05) is 60.8 Å². The molecule has 5 heteroatoms. The predicted molar refractivity (Wildman–Crippen MR) is 109 cm³/mol. The number of nitrogens with one attached hydrogen (secondary N) is 1. The lowest BCUT2D eigenvalue weighted by Gasteiger charge is -2.10. The number of nitrogens with two attached hydrogens (primary N) is 1. The molecular formula is C20H16N2OS2. The number of carbonyl (C=O) groups is 1. The molecule has 0 radical (unpaired) electrons. The van der Waals surface area contributed by atoms with Crippen LogP contribution in [0, 0.1) is 6.92 Å². The molecule has 2 aromatic carbocycles. The van der Waals surface area contributed by atoms with Crippen LogP contribution >= 0.6 is 22.7 Å². The summed E-state index contributed by atoms with van der Waals surface area (Å²) in [6, 6.07) is 17.9. The molecule has 0 atom stereocenters. The van der Waals surface area contributed by atoms with Gasteiger partial charge in [-0.05, 0) is 53.1 Å². The molecule has 0 fully saturated rings. The first kappa shape index (κ1) is 15.9. The summed E-state index contributed by atoms with van der Waals surface area (Å²) in [6.07, 6.45) is 0. The highest BCUT2D eigenvalue weighted by atomic mass is 32.1. The Kier molecular flexibility index (Phi) is 4.03. The van der Waals surface area contributed by atoms with Gasteiger partial charge < -0.3 is 11.1 Å². The van der Waals surface area contributed by atoms with E-state index in [1.165, 1.54) is 11.3 Å². The summed E-state index contributed by atoms with van der Waals surface area (Å²) in [5, 5.41) is 6.14. The summed E-state index contributed by atoms with van der Waals surface area (Å²) < 4.78 is 1.12. The van der Waals surface area contributed by atoms with Gasteiger partial charge in [-0.2, -0.15) is 0 Å². The van der Waals surface area contributed by atoms with Crippen molar-refractivity contribution in [3.05, 3.63) is 70.4 Å². The molecule has 0 aliphatic rings. The van der Waals surface area contributed by atoms with Crippen LogP contribution in [0.25, 0.3) is 20.5 Å². The summed E-state index contributed by atoms with van der Waals surface area (Å²) in [5.74, 6) is -0.117. The van der Waals surface area contributed by atoms with Crippen molar-refractivity contribution in [2.75, 3.05) is 11.1 Å². The second-order valence-electron chi connectivity index (χ2n) is 5.79. The zero-order chi connectivity index (χ0) is 17.4. The van der Waals surface area contributed by atoms with Crippen LogP contribution in [0.2, 0.25) is 0 Å². The smallest absolute Gasteiger partial charge is 0.266 e. The number of hydrogen-bond acceptors (Lipinski definition) is 4. The number of hydrogen-bond donors (Lipinski definition) is 2. The Morgan fingerprint density at radius 1 is 1.08 bits per heavy atom. The van der Waals surface area contributed by atoms with Gasteiger partial charge in [0.25, 0.3) is 5.91 Å². The molecule has 3 N–H and O–H groups in total. The first-order chi connectivity index (χ1) is 12.1. The maximum atomic E-state index is 12.8. The van der Waals surface area contributed by atoms with E-state index in [0.29, 0.717) is 11.4 Å². The third-order valence-electron chi connectivity index (χ3n) is 4.16. The van der Waals surface area contributed by atoms with Crippen molar-refractivity contribution in [1.29, 1.82) is 0 Å². The Labute approximate surface area is 153 Å². The fraction of sp³-hybridized carbons (Fsp3) is 0.0500. The summed E-state index contributed by atoms with van der Waals surface area (Å²) in [5.41, 5.74) is 9.34. The van der Waals surface area contributed by atoms with Gasteiger partial charge in [0.1, 0.15) is 0 Å². The molecule has 0 bridgehead atoms. The van der Waals surface area contributed by atoms with E-state index < -0.39 is 0 Å². The second-order valence-corrected chi connectivity index (χ2v) is 7.79. The van der Waals surface area contributed by atoms with Crippen LogP contribution in [-0.2, 0) is 0 Å². The van der Waals surface area contributed by atoms with Crippen molar-refractivity contribution in [2.45, 2.75) is 6.92 Å². The lowest BCUT2D eigenvalue weighted by Crippen LogP contribution is -2.12. The summed E-state index contributed by atoms with van der Waals surface area (Å²) in [6.45, 7) is 1.99. The maximum Gasteiger partial charge on any atom is 0.266 e. The number of carbonyl (C=O) groups excluding carboxylic acids is 1. The second kappa shape index (κ2) is 6.35. The van der Waals surface area contributed by atoms with E-state index in [1.54, 1.807) is 11.3 Å². The third kappa shape index (κ3) is 2.92. The molecule has 0 saturated carbocycles. The van der Waals surface area contributed by atoms with E-state index in [9.17, 15) is 4.79 Å². The van der Waals surface area contributed by atoms with Crippen LogP contribution in [0.15, 0.2) is 60.0 Å². The molecule has 2 aromatic heterocycles. The van der Waals surface area contributed by atoms with Gasteiger partial charge >= 0.3 is 0 Å². The Hall–Kier alpha value is -2.63. The Bertz CT molecular complexity index is 1060. The fourth-order valence-electron chi connectivity index (χ4n) is 2.83. The Balaban J connectivity index is 1.68. The average molecular weight is 364 g/mol. The highest BCUT2D eigenvalue weighted by Gasteiger charge is 2.16. The van der Waals surface area contributed by atoms with Crippen molar-refractivity contribution in [1.82, 2.24) is 0 Å². The first-order valence-corrected chi connectivity index (χ1v) is 9.56. The quantitative estimate of drug-likeness (QED) is 0.453. The highest BCUT2D eigenvalue weighted by molar-refractivity contribution is 7.21. The van der Waals surface area contributed by atoms with Gasteiger partial charge in [-0.15, -0.1) is 22.7 Å². The van der Waals surface area contributed by atoms with Gasteiger partial charge in [0.2, 0.25) is 0 Å². The Morgan fingerprint density at radius 3 is 2.68 bits per heavy atom. The van der Waals surface area contributed by atoms with E-state index in [0.717, 1.165) is 31.0 Å². The molecule has 0 spiro atoms. The lowest BCUT2D eigenvalue weighted by atomic mass is 10.1. The number of rotatable bonds is 3. The van der Waals surface area contributed by atoms with Gasteiger partial charge in [0, 0.05) is 9.58 Å². The Morgan fingerprint density at radius 2 is 1.92 bits per heavy atom. The van der Waals surface area contributed by atoms with Gasteiger partial charge in [-0.25, -0.2) is 0 Å². The van der Waals surface area contributed by atoms with Crippen LogP contribution in [0.4, 0.5) is 11.4 Å². The van der Waals surface area contributed by atoms with Gasteiger partial charge in [-0.1, -0.05) is 30.3 Å². The zero-order valence-corrected chi connectivity index (χ0v) is 15.2. The number of benzene rings is 2. The average Bonchev–Trinajstić information content (AvgIpc) is 3.26. The van der Waals surface area contributed by atoms with Crippen molar-refractivity contribution < 1.29 is 4.79 Å². The van der Waals surface area contributed by atoms with Crippen LogP contribution in [-0.4, -0.2) is 5.91 Å². The van der Waals surface area contributed by atoms with Crippen LogP contribution in [0.1, 0.15) is 15.2 Å². The molecule has 0 unspecified atom stereocenters. The lowest BCUT2D eigenvalue weighted by molar-refractivity contribution is 0.103. The fourth-order valence-corrected chi connectivity index (χ4v) is 4.66. The van der Waals surface area contributed by atoms with Gasteiger partial charge in [0.15, 0.2) is 0 Å². The topological polar surface area (TPSA) is 55.1 Å². The van der Waals surface area contributed by atoms with Crippen molar-refractivity contribution in [2.24, 2.45) is 0 Å². The normalized spacial score (nSPS) is 10.9. The van der Waals surface area contributed by atoms with Crippen molar-refractivity contribution >= 4 is 50.0 Å². The van der Waals surface area contributed by atoms with Gasteiger partial charge in [0.05, 0.1) is 16.3 Å². The monoisotopic (exact) mass is 364 g/mol. The molecule has 4 rings (SSSR count). The SMILES string of the molecule is Cc1c(C(=O)Nc2cc(-c3cccs3)ccc2N)sc2ccccc12. The van der Waals surface area contributed by atoms with E-state index in [2.05, 4.69) is 11.4 Å². The number of aryl methyl sites for hydroxylation is 1. The zero-order valence-electron chi connectivity index (χ0n) is 13.6. The van der Waals surface area contributed by atoms with E-state index >= 15 is 0 Å². The first-order valence-electron chi connectivity index (χ1n) is 7.86. The number of anilines is 2. The molecular weight excluding hydrogens is 348 g/mol. The summed E-state index contributed by atoms with van der Waals surface area (Å²) >= 11 is 3.17. The minimum atomic E-state index is -0.117. The molecule has 0 saturated heterocycles. The summed E-state index contributed by atoms with van der Waals surface area (Å²) in [7, 11) is 0. The van der Waals surface area contributed by atoms with E-state index in [4.69, 9.17) is 5.73 Å². The molecule has 2 heterocycles. The maximum absolute atomic E-state index is 12.8. The number of nitrogen functional groups attached to an aromatic ring is 1. The number of fused-ring (bicyclic) bond motifs is 1. The van der Waals surface area contributed by atoms with Crippen LogP contribution in [0.5, 0.6) is 0 Å². The largest absolute Gasteiger partial charge is 0.397 e. The molecule has 4 aromatic rings. The molecule has 1 amide bonds. The number of amides is 1. The minimum absolute atomic E-state index is 0.117. The minimum Gasteiger partial charge on any atom is -0.397 e. The highest BCUT2D eigenvalue weighted by Crippen LogP contribution is 2.33. The molecule has 0 aliphatic heterocycles. The number of thiophene rings is 2. The molecule has 0 aliphatic carbocycles. The van der Waals surface area contributed by atoms with E-state index in [-0.39, 0.29) is 5.91 Å². The van der Waals surface area contributed by atoms with Crippen molar-refractivity contribution in [3.8, 4) is 10.4 Å². The van der Waals surface area contributed by atoms with Crippen LogP contribution in [0.3, 0.4) is 0 Å². The summed E-state index contributed by atoms with van der Waals surface area (Å²) in [4.78, 5) is 14.7. The van der Waals surface area contributed by atoms with Crippen LogP contribution < -0.4 is 11.1 Å². The van der Waals surface area contributed by atoms with Crippen molar-refractivity contribution in [3.63, 3.8) is 0 Å². The molecule has 124 valence electrons. The standard InChI is InChI=1S/C20H16N2OS2/c1-12-14-5-2-3-6-18(14)25-19(12)20(23)22-16-11-13(8-9-15(16)21)17-7-4-10-24-17/h2-11H,21H2,1H3,(H,22,23). The van der Waals surface area contributed by atoms with Gasteiger partial charge in [-0.3, -0.25) is 4.79 Å². The third-order valence-corrected chi connectivity index (χ3v) is 6.35. The molecule has 3 nitrogen and oxygen atoms in total.